The molecule has 0 amide bonds. The van der Waals surface area contributed by atoms with E-state index in [0.717, 1.165) is 10.2 Å². The number of ether oxygens (including phenoxy) is 1. The van der Waals surface area contributed by atoms with Crippen molar-refractivity contribution in [1.29, 1.82) is 0 Å². The first-order valence-corrected chi connectivity index (χ1v) is 4.82. The van der Waals surface area contributed by atoms with E-state index in [-0.39, 0.29) is 0 Å². The molecule has 0 aliphatic rings. The molecule has 0 saturated carbocycles. The van der Waals surface area contributed by atoms with Crippen molar-refractivity contribution in [1.82, 2.24) is 0 Å². The van der Waals surface area contributed by atoms with Crippen LogP contribution in [0, 0.1) is 18.8 Å². The molecule has 0 saturated heterocycles. The van der Waals surface area contributed by atoms with Crippen LogP contribution in [-0.4, -0.2) is 6.61 Å². The molecule has 0 heterocycles. The molecule has 1 rings (SSSR count). The van der Waals surface area contributed by atoms with E-state index in [1.165, 1.54) is 5.56 Å². The molecule has 0 aliphatic carbocycles. The van der Waals surface area contributed by atoms with Crippen LogP contribution in [0.4, 0.5) is 0 Å². The van der Waals surface area contributed by atoms with Gasteiger partial charge in [-0.1, -0.05) is 12.0 Å². The topological polar surface area (TPSA) is 9.23 Å². The second-order valence-electron chi connectivity index (χ2n) is 2.65. The molecule has 1 aromatic rings. The van der Waals surface area contributed by atoms with Crippen molar-refractivity contribution in [2.75, 3.05) is 6.61 Å². The van der Waals surface area contributed by atoms with Gasteiger partial charge in [0.1, 0.15) is 12.4 Å². The molecule has 0 fully saturated rings. The third kappa shape index (κ3) is 3.12. The fourth-order valence-corrected chi connectivity index (χ4v) is 1.52. The lowest BCUT2D eigenvalue weighted by Crippen LogP contribution is -1.94. The summed E-state index contributed by atoms with van der Waals surface area (Å²) in [5.41, 5.74) is 1.21. The standard InChI is InChI=1S/C11H11BrO/c1-3-4-7-13-11-6-5-9(2)8-10(11)12/h5-6,8H,7H2,1-2H3. The second kappa shape index (κ2) is 4.94. The van der Waals surface area contributed by atoms with Crippen molar-refractivity contribution in [3.63, 3.8) is 0 Å². The fourth-order valence-electron chi connectivity index (χ4n) is 0.909. The second-order valence-corrected chi connectivity index (χ2v) is 3.50. The Morgan fingerprint density at radius 3 is 2.85 bits per heavy atom. The maximum atomic E-state index is 5.41. The lowest BCUT2D eigenvalue weighted by molar-refractivity contribution is 0.368. The van der Waals surface area contributed by atoms with Gasteiger partial charge in [0.2, 0.25) is 0 Å². The van der Waals surface area contributed by atoms with Gasteiger partial charge in [0.05, 0.1) is 4.47 Å². The van der Waals surface area contributed by atoms with Gasteiger partial charge in [-0.05, 0) is 47.5 Å². The lowest BCUT2D eigenvalue weighted by atomic mass is 10.2. The molecule has 0 aromatic heterocycles. The molecule has 0 N–H and O–H groups in total. The van der Waals surface area contributed by atoms with E-state index in [1.54, 1.807) is 6.92 Å². The van der Waals surface area contributed by atoms with Crippen LogP contribution in [0.2, 0.25) is 0 Å². The minimum atomic E-state index is 0.443. The summed E-state index contributed by atoms with van der Waals surface area (Å²) in [6.45, 7) is 4.28. The van der Waals surface area contributed by atoms with Crippen molar-refractivity contribution in [2.24, 2.45) is 0 Å². The van der Waals surface area contributed by atoms with Crippen LogP contribution < -0.4 is 4.74 Å². The largest absolute Gasteiger partial charge is 0.480 e. The zero-order valence-electron chi connectivity index (χ0n) is 7.73. The van der Waals surface area contributed by atoms with Crippen molar-refractivity contribution in [2.45, 2.75) is 13.8 Å². The van der Waals surface area contributed by atoms with E-state index >= 15 is 0 Å². The number of rotatable bonds is 2. The molecule has 0 radical (unpaired) electrons. The molecule has 0 unspecified atom stereocenters. The zero-order chi connectivity index (χ0) is 9.68. The summed E-state index contributed by atoms with van der Waals surface area (Å²) in [5.74, 6) is 6.47. The average molecular weight is 239 g/mol. The third-order valence-electron chi connectivity index (χ3n) is 1.56. The number of benzene rings is 1. The van der Waals surface area contributed by atoms with Crippen LogP contribution in [0.25, 0.3) is 0 Å². The van der Waals surface area contributed by atoms with Crippen LogP contribution in [-0.2, 0) is 0 Å². The minimum Gasteiger partial charge on any atom is -0.480 e. The molecule has 1 nitrogen and oxygen atoms in total. The number of halogens is 1. The predicted octanol–water partition coefficient (Wildman–Crippen LogP) is 3.16. The third-order valence-corrected chi connectivity index (χ3v) is 2.18. The van der Waals surface area contributed by atoms with E-state index in [1.807, 2.05) is 25.1 Å². The maximum absolute atomic E-state index is 5.41. The van der Waals surface area contributed by atoms with Crippen molar-refractivity contribution < 1.29 is 4.74 Å². The molecule has 13 heavy (non-hydrogen) atoms. The Morgan fingerprint density at radius 1 is 1.46 bits per heavy atom. The zero-order valence-corrected chi connectivity index (χ0v) is 9.31. The minimum absolute atomic E-state index is 0.443. The first kappa shape index (κ1) is 10.1. The molecular formula is C11H11BrO. The molecule has 0 atom stereocenters. The quantitative estimate of drug-likeness (QED) is 0.720. The normalized spacial score (nSPS) is 8.85. The van der Waals surface area contributed by atoms with Gasteiger partial charge in [0.25, 0.3) is 0 Å². The Bertz CT molecular complexity index is 347. The highest BCUT2D eigenvalue weighted by molar-refractivity contribution is 9.10. The van der Waals surface area contributed by atoms with Gasteiger partial charge in [-0.15, -0.1) is 5.92 Å². The number of aryl methyl sites for hydroxylation is 1. The Hall–Kier alpha value is -0.940. The summed E-state index contributed by atoms with van der Waals surface area (Å²) in [6.07, 6.45) is 0. The van der Waals surface area contributed by atoms with E-state index < -0.39 is 0 Å². The molecule has 2 heteroatoms. The highest BCUT2D eigenvalue weighted by Crippen LogP contribution is 2.25. The van der Waals surface area contributed by atoms with Crippen molar-refractivity contribution in [3.05, 3.63) is 28.2 Å². The molecule has 0 aliphatic heterocycles. The molecule has 68 valence electrons. The molecule has 0 bridgehead atoms. The lowest BCUT2D eigenvalue weighted by Gasteiger charge is -2.04. The van der Waals surface area contributed by atoms with Gasteiger partial charge in [0.15, 0.2) is 0 Å². The smallest absolute Gasteiger partial charge is 0.149 e. The van der Waals surface area contributed by atoms with Gasteiger partial charge in [-0.2, -0.15) is 0 Å². The van der Waals surface area contributed by atoms with Crippen LogP contribution in [0.15, 0.2) is 22.7 Å². The SMILES string of the molecule is CC#CCOc1ccc(C)cc1Br. The van der Waals surface area contributed by atoms with Crippen LogP contribution in [0.3, 0.4) is 0 Å². The summed E-state index contributed by atoms with van der Waals surface area (Å²) in [4.78, 5) is 0. The highest BCUT2D eigenvalue weighted by atomic mass is 79.9. The van der Waals surface area contributed by atoms with Gasteiger partial charge in [0, 0.05) is 0 Å². The van der Waals surface area contributed by atoms with Gasteiger partial charge < -0.3 is 4.74 Å². The van der Waals surface area contributed by atoms with E-state index in [0.29, 0.717) is 6.61 Å². The first-order valence-electron chi connectivity index (χ1n) is 4.02. The van der Waals surface area contributed by atoms with Crippen LogP contribution in [0.1, 0.15) is 12.5 Å². The van der Waals surface area contributed by atoms with Gasteiger partial charge >= 0.3 is 0 Å². The van der Waals surface area contributed by atoms with Gasteiger partial charge in [-0.3, -0.25) is 0 Å². The average Bonchev–Trinajstić information content (AvgIpc) is 2.09. The fraction of sp³-hybridized carbons (Fsp3) is 0.273. The summed E-state index contributed by atoms with van der Waals surface area (Å²) in [7, 11) is 0. The van der Waals surface area contributed by atoms with Gasteiger partial charge in [-0.25, -0.2) is 0 Å². The molecule has 1 aromatic carbocycles. The van der Waals surface area contributed by atoms with E-state index in [2.05, 4.69) is 27.8 Å². The summed E-state index contributed by atoms with van der Waals surface area (Å²) >= 11 is 3.43. The predicted molar refractivity (Wildman–Crippen MR) is 57.8 cm³/mol. The summed E-state index contributed by atoms with van der Waals surface area (Å²) < 4.78 is 6.39. The Balaban J connectivity index is 2.70. The summed E-state index contributed by atoms with van der Waals surface area (Å²) in [6, 6.07) is 5.98. The van der Waals surface area contributed by atoms with E-state index in [4.69, 9.17) is 4.74 Å². The first-order chi connectivity index (χ1) is 6.24. The van der Waals surface area contributed by atoms with E-state index in [9.17, 15) is 0 Å². The van der Waals surface area contributed by atoms with Crippen molar-refractivity contribution in [3.8, 4) is 17.6 Å². The van der Waals surface area contributed by atoms with Crippen LogP contribution >= 0.6 is 15.9 Å². The summed E-state index contributed by atoms with van der Waals surface area (Å²) in [5, 5.41) is 0. The maximum Gasteiger partial charge on any atom is 0.149 e. The molecular weight excluding hydrogens is 228 g/mol. The Morgan fingerprint density at radius 2 is 2.23 bits per heavy atom. The number of hydrogen-bond acceptors (Lipinski definition) is 1. The van der Waals surface area contributed by atoms with Crippen molar-refractivity contribution >= 4 is 15.9 Å². The molecule has 0 spiro atoms. The highest BCUT2D eigenvalue weighted by Gasteiger charge is 1.98. The monoisotopic (exact) mass is 238 g/mol. The number of hydrogen-bond donors (Lipinski definition) is 0. The Labute approximate surface area is 87.2 Å². The van der Waals surface area contributed by atoms with Crippen LogP contribution in [0.5, 0.6) is 5.75 Å². The Kier molecular flexibility index (Phi) is 3.85.